The van der Waals surface area contributed by atoms with E-state index in [0.717, 1.165) is 39.0 Å². The van der Waals surface area contributed by atoms with Crippen molar-refractivity contribution in [1.82, 2.24) is 4.98 Å². The fourth-order valence-corrected chi connectivity index (χ4v) is 3.49. The number of benzene rings is 2. The molecule has 1 aliphatic heterocycles. The number of amides is 1. The molecule has 2 heterocycles. The molecule has 0 bridgehead atoms. The van der Waals surface area contributed by atoms with Crippen LogP contribution in [0.5, 0.6) is 0 Å². The molecule has 7 heteroatoms. The fourth-order valence-electron chi connectivity index (χ4n) is 3.49. The first-order chi connectivity index (χ1) is 13.1. The van der Waals surface area contributed by atoms with Gasteiger partial charge in [-0.3, -0.25) is 4.79 Å². The van der Waals surface area contributed by atoms with E-state index in [1.54, 1.807) is 18.2 Å². The van der Waals surface area contributed by atoms with E-state index in [0.29, 0.717) is 23.5 Å². The molecule has 0 unspecified atom stereocenters. The number of anilines is 1. The topological polar surface area (TPSA) is 98.0 Å². The van der Waals surface area contributed by atoms with Crippen LogP contribution in [-0.2, 0) is 22.5 Å². The van der Waals surface area contributed by atoms with Gasteiger partial charge in [-0.05, 0) is 35.7 Å². The van der Waals surface area contributed by atoms with E-state index in [-0.39, 0.29) is 12.3 Å². The highest BCUT2D eigenvalue weighted by Crippen LogP contribution is 2.39. The van der Waals surface area contributed by atoms with E-state index < -0.39 is 0 Å². The van der Waals surface area contributed by atoms with Crippen LogP contribution in [0.4, 0.5) is 11.4 Å². The van der Waals surface area contributed by atoms with Crippen LogP contribution in [0.3, 0.4) is 0 Å². The summed E-state index contributed by atoms with van der Waals surface area (Å²) in [5, 5.41) is 12.6. The molecule has 0 radical (unpaired) electrons. The van der Waals surface area contributed by atoms with Crippen LogP contribution in [0.1, 0.15) is 17.5 Å². The van der Waals surface area contributed by atoms with E-state index in [1.165, 1.54) is 7.11 Å². The standard InChI is InChI=1S/C20H16N4O3/c1-27-24(26)13-5-7-17-14(10-13)15-11-19(25)22-18-6-4-12(3-2-8-21)9-16(18)20(15)23-17/h4-7,9-10H,2-3,11H2,1H3,(H-,22,23,25,26)/p+1. The number of fused-ring (bicyclic) bond motifs is 5. The average Bonchev–Trinajstić information content (AvgIpc) is 2.96. The first-order valence-corrected chi connectivity index (χ1v) is 8.57. The second-order valence-electron chi connectivity index (χ2n) is 6.41. The summed E-state index contributed by atoms with van der Waals surface area (Å²) >= 11 is 0. The van der Waals surface area contributed by atoms with Crippen molar-refractivity contribution in [3.05, 3.63) is 52.4 Å². The van der Waals surface area contributed by atoms with Crippen molar-refractivity contribution >= 4 is 28.2 Å². The number of hydrogen-bond acceptors (Lipinski definition) is 4. The van der Waals surface area contributed by atoms with Crippen LogP contribution < -0.4 is 5.32 Å². The number of hydrogen-bond donors (Lipinski definition) is 2. The lowest BCUT2D eigenvalue weighted by atomic mass is 9.99. The molecule has 1 aromatic heterocycles. The van der Waals surface area contributed by atoms with Crippen molar-refractivity contribution in [2.45, 2.75) is 19.3 Å². The highest BCUT2D eigenvalue weighted by molar-refractivity contribution is 6.05. The lowest BCUT2D eigenvalue weighted by Crippen LogP contribution is -2.12. The number of nitriles is 1. The van der Waals surface area contributed by atoms with Gasteiger partial charge in [0.15, 0.2) is 7.11 Å². The van der Waals surface area contributed by atoms with Gasteiger partial charge in [0, 0.05) is 35.0 Å². The summed E-state index contributed by atoms with van der Waals surface area (Å²) < 4.78 is 0. The minimum Gasteiger partial charge on any atom is -0.354 e. The molecule has 0 saturated carbocycles. The van der Waals surface area contributed by atoms with E-state index in [2.05, 4.69) is 16.4 Å². The minimum absolute atomic E-state index is 0.114. The molecule has 0 saturated heterocycles. The zero-order valence-electron chi connectivity index (χ0n) is 14.7. The number of aryl methyl sites for hydroxylation is 1. The lowest BCUT2D eigenvalue weighted by Gasteiger charge is -2.09. The summed E-state index contributed by atoms with van der Waals surface area (Å²) in [5.41, 5.74) is 5.54. The van der Waals surface area contributed by atoms with Crippen molar-refractivity contribution in [3.63, 3.8) is 0 Å². The van der Waals surface area contributed by atoms with Crippen molar-refractivity contribution in [3.8, 4) is 17.3 Å². The van der Waals surface area contributed by atoms with Gasteiger partial charge in [0.1, 0.15) is 0 Å². The number of aromatic nitrogens is 1. The number of carbonyl (C=O) groups is 1. The highest BCUT2D eigenvalue weighted by atomic mass is 16.8. The summed E-state index contributed by atoms with van der Waals surface area (Å²) in [6, 6.07) is 13.1. The molecule has 0 fully saturated rings. The Bertz CT molecular complexity index is 1120. The predicted octanol–water partition coefficient (Wildman–Crippen LogP) is 3.76. The van der Waals surface area contributed by atoms with Gasteiger partial charge in [0.25, 0.3) is 4.92 Å². The maximum atomic E-state index is 12.4. The number of aromatic amines is 1. The van der Waals surface area contributed by atoms with E-state index in [1.807, 2.05) is 18.2 Å². The van der Waals surface area contributed by atoms with Gasteiger partial charge in [-0.2, -0.15) is 5.26 Å². The van der Waals surface area contributed by atoms with Crippen LogP contribution in [-0.4, -0.2) is 22.9 Å². The van der Waals surface area contributed by atoms with Crippen LogP contribution in [0.25, 0.3) is 22.2 Å². The molecule has 0 atom stereocenters. The van der Waals surface area contributed by atoms with Gasteiger partial charge in [0.05, 0.1) is 28.8 Å². The SMILES string of the molecule is CO[N+](=O)c1ccc2[nH]c3c(c2c1)CC(=O)Nc1ccc(CCC#N)cc1-3. The molecular formula is C20H17N4O3+. The fraction of sp³-hybridized carbons (Fsp3) is 0.200. The molecule has 0 spiro atoms. The molecule has 27 heavy (non-hydrogen) atoms. The number of rotatable bonds is 4. The second kappa shape index (κ2) is 6.57. The van der Waals surface area contributed by atoms with Gasteiger partial charge in [0.2, 0.25) is 5.91 Å². The third kappa shape index (κ3) is 2.91. The molecule has 1 aliphatic rings. The Morgan fingerprint density at radius 1 is 1.26 bits per heavy atom. The van der Waals surface area contributed by atoms with Crippen LogP contribution in [0, 0.1) is 16.2 Å². The third-order valence-electron chi connectivity index (χ3n) is 4.76. The van der Waals surface area contributed by atoms with Gasteiger partial charge in [-0.25, -0.2) is 4.84 Å². The smallest absolute Gasteiger partial charge is 0.317 e. The molecule has 134 valence electrons. The summed E-state index contributed by atoms with van der Waals surface area (Å²) in [6.07, 6.45) is 1.29. The molecule has 7 nitrogen and oxygen atoms in total. The molecule has 1 amide bonds. The van der Waals surface area contributed by atoms with Gasteiger partial charge in [-0.1, -0.05) is 6.07 Å². The van der Waals surface area contributed by atoms with Crippen molar-refractivity contribution < 1.29 is 14.6 Å². The number of nitrogens with zero attached hydrogens (tertiary/aromatic N) is 2. The first kappa shape index (κ1) is 16.8. The average molecular weight is 361 g/mol. The number of nitrogens with one attached hydrogen (secondary N) is 2. The Morgan fingerprint density at radius 2 is 2.11 bits per heavy atom. The summed E-state index contributed by atoms with van der Waals surface area (Å²) in [5.74, 6) is -0.114. The minimum atomic E-state index is -0.114. The van der Waals surface area contributed by atoms with Gasteiger partial charge >= 0.3 is 5.69 Å². The third-order valence-corrected chi connectivity index (χ3v) is 4.76. The largest absolute Gasteiger partial charge is 0.354 e. The van der Waals surface area contributed by atoms with Gasteiger partial charge < -0.3 is 10.3 Å². The predicted molar refractivity (Wildman–Crippen MR) is 100 cm³/mol. The van der Waals surface area contributed by atoms with Crippen LogP contribution in [0.2, 0.25) is 0 Å². The first-order valence-electron chi connectivity index (χ1n) is 8.57. The van der Waals surface area contributed by atoms with E-state index in [9.17, 15) is 9.70 Å². The number of H-pyrrole nitrogens is 1. The van der Waals surface area contributed by atoms with E-state index >= 15 is 0 Å². The maximum absolute atomic E-state index is 12.4. The highest BCUT2D eigenvalue weighted by Gasteiger charge is 2.25. The molecule has 2 aromatic carbocycles. The Morgan fingerprint density at radius 3 is 2.89 bits per heavy atom. The second-order valence-corrected chi connectivity index (χ2v) is 6.41. The van der Waals surface area contributed by atoms with Crippen molar-refractivity contribution in [2.24, 2.45) is 0 Å². The lowest BCUT2D eigenvalue weighted by molar-refractivity contribution is -0.736. The van der Waals surface area contributed by atoms with Crippen molar-refractivity contribution in [2.75, 3.05) is 12.4 Å². The molecule has 3 aromatic rings. The molecule has 2 N–H and O–H groups in total. The zero-order chi connectivity index (χ0) is 19.0. The maximum Gasteiger partial charge on any atom is 0.317 e. The Labute approximate surface area is 155 Å². The summed E-state index contributed by atoms with van der Waals surface area (Å²) in [6.45, 7) is 0. The van der Waals surface area contributed by atoms with Gasteiger partial charge in [-0.15, -0.1) is 0 Å². The Balaban J connectivity index is 1.92. The normalized spacial score (nSPS) is 12.5. The number of carbonyl (C=O) groups excluding carboxylic acids is 1. The molecule has 0 aliphatic carbocycles. The zero-order valence-corrected chi connectivity index (χ0v) is 14.7. The molecular weight excluding hydrogens is 344 g/mol. The quantitative estimate of drug-likeness (QED) is 0.691. The summed E-state index contributed by atoms with van der Waals surface area (Å²) in [4.78, 5) is 32.8. The summed E-state index contributed by atoms with van der Waals surface area (Å²) in [7, 11) is 1.31. The Kier molecular flexibility index (Phi) is 4.09. The van der Waals surface area contributed by atoms with E-state index in [4.69, 9.17) is 10.1 Å². The monoisotopic (exact) mass is 361 g/mol. The van der Waals surface area contributed by atoms with Crippen LogP contribution >= 0.6 is 0 Å². The molecule has 4 rings (SSSR count). The van der Waals surface area contributed by atoms with Crippen LogP contribution in [0.15, 0.2) is 36.4 Å². The van der Waals surface area contributed by atoms with Crippen molar-refractivity contribution in [1.29, 1.82) is 5.26 Å². The Hall–Kier alpha value is -3.66.